The molecule has 2 heteroatoms. The van der Waals surface area contributed by atoms with Crippen LogP contribution in [0.2, 0.25) is 0 Å². The highest BCUT2D eigenvalue weighted by Crippen LogP contribution is 2.45. The van der Waals surface area contributed by atoms with E-state index in [9.17, 15) is 0 Å². The number of hydrogen-bond acceptors (Lipinski definition) is 2. The highest BCUT2D eigenvalue weighted by molar-refractivity contribution is 7.25. The summed E-state index contributed by atoms with van der Waals surface area (Å²) in [5.41, 5.74) is 5.91. The first-order valence-corrected chi connectivity index (χ1v) is 15.8. The normalized spacial score (nSPS) is 11.6. The fraction of sp³-hybridized carbons (Fsp3) is 0. The molecular formula is C42H27NS. The van der Waals surface area contributed by atoms with Crippen LogP contribution in [0.5, 0.6) is 0 Å². The molecule has 0 unspecified atom stereocenters. The van der Waals surface area contributed by atoms with Crippen molar-refractivity contribution in [2.45, 2.75) is 0 Å². The number of anilines is 3. The van der Waals surface area contributed by atoms with E-state index in [4.69, 9.17) is 0 Å². The predicted molar refractivity (Wildman–Crippen MR) is 192 cm³/mol. The largest absolute Gasteiger partial charge is 0.310 e. The predicted octanol–water partition coefficient (Wildman–Crippen LogP) is 12.7. The van der Waals surface area contributed by atoms with Gasteiger partial charge in [-0.25, -0.2) is 0 Å². The minimum Gasteiger partial charge on any atom is -0.310 e. The number of fused-ring (bicyclic) bond motifs is 6. The lowest BCUT2D eigenvalue weighted by Gasteiger charge is -2.28. The molecule has 44 heavy (non-hydrogen) atoms. The van der Waals surface area contributed by atoms with Gasteiger partial charge in [-0.05, 0) is 86.6 Å². The van der Waals surface area contributed by atoms with Crippen LogP contribution in [0, 0.1) is 0 Å². The standard InChI is InChI=1S/C42H27NS/c1-3-11-31-25-33(20-19-28(31)9-1)36-16-7-13-30-14-8-17-39(42(30)36)43(34-22-21-29-10-2-4-12-32(29)26-34)35-23-24-41-38(27-35)37-15-5-6-18-40(37)44-41/h1-27H. The summed E-state index contributed by atoms with van der Waals surface area (Å²) < 4.78 is 2.63. The number of benzene rings is 8. The first kappa shape index (κ1) is 25.1. The van der Waals surface area contributed by atoms with Crippen molar-refractivity contribution in [1.29, 1.82) is 0 Å². The average molecular weight is 578 g/mol. The molecule has 9 aromatic rings. The van der Waals surface area contributed by atoms with Gasteiger partial charge in [0, 0.05) is 36.9 Å². The summed E-state index contributed by atoms with van der Waals surface area (Å²) in [5.74, 6) is 0. The van der Waals surface area contributed by atoms with Crippen molar-refractivity contribution in [3.05, 3.63) is 164 Å². The van der Waals surface area contributed by atoms with Crippen LogP contribution in [-0.2, 0) is 0 Å². The van der Waals surface area contributed by atoms with Gasteiger partial charge in [-0.1, -0.05) is 115 Å². The second kappa shape index (κ2) is 10.1. The second-order valence-electron chi connectivity index (χ2n) is 11.4. The topological polar surface area (TPSA) is 3.24 Å². The van der Waals surface area contributed by atoms with Gasteiger partial charge in [-0.2, -0.15) is 0 Å². The molecule has 1 aromatic heterocycles. The van der Waals surface area contributed by atoms with Crippen molar-refractivity contribution in [3.63, 3.8) is 0 Å². The lowest BCUT2D eigenvalue weighted by molar-refractivity contribution is 1.31. The third-order valence-electron chi connectivity index (χ3n) is 8.79. The van der Waals surface area contributed by atoms with Crippen molar-refractivity contribution < 1.29 is 0 Å². The summed E-state index contributed by atoms with van der Waals surface area (Å²) in [6.07, 6.45) is 0. The Hall–Kier alpha value is -5.44. The second-order valence-corrected chi connectivity index (χ2v) is 12.5. The maximum atomic E-state index is 2.45. The number of thiophene rings is 1. The van der Waals surface area contributed by atoms with Crippen molar-refractivity contribution in [2.75, 3.05) is 4.90 Å². The molecule has 0 saturated carbocycles. The Balaban J connectivity index is 1.34. The molecule has 0 aliphatic heterocycles. The summed E-state index contributed by atoms with van der Waals surface area (Å²) in [7, 11) is 0. The number of nitrogens with zero attached hydrogens (tertiary/aromatic N) is 1. The minimum absolute atomic E-state index is 1.14. The molecule has 8 aromatic carbocycles. The maximum Gasteiger partial charge on any atom is 0.0546 e. The quantitative estimate of drug-likeness (QED) is 0.201. The van der Waals surface area contributed by atoms with Crippen LogP contribution < -0.4 is 4.90 Å². The van der Waals surface area contributed by atoms with Crippen molar-refractivity contribution >= 4 is 80.9 Å². The molecule has 0 bridgehead atoms. The van der Waals surface area contributed by atoms with Crippen LogP contribution in [0.15, 0.2) is 164 Å². The van der Waals surface area contributed by atoms with Crippen LogP contribution in [0.3, 0.4) is 0 Å². The zero-order chi connectivity index (χ0) is 29.0. The monoisotopic (exact) mass is 577 g/mol. The molecule has 1 nitrogen and oxygen atoms in total. The van der Waals surface area contributed by atoms with E-state index in [-0.39, 0.29) is 0 Å². The molecule has 0 spiro atoms. The van der Waals surface area contributed by atoms with Crippen molar-refractivity contribution in [1.82, 2.24) is 0 Å². The van der Waals surface area contributed by atoms with Gasteiger partial charge in [0.25, 0.3) is 0 Å². The first-order chi connectivity index (χ1) is 21.8. The van der Waals surface area contributed by atoms with Crippen molar-refractivity contribution in [3.8, 4) is 11.1 Å². The summed E-state index contributed by atoms with van der Waals surface area (Å²) >= 11 is 1.86. The van der Waals surface area contributed by atoms with Crippen molar-refractivity contribution in [2.24, 2.45) is 0 Å². The summed E-state index contributed by atoms with van der Waals surface area (Å²) in [6.45, 7) is 0. The molecule has 0 saturated heterocycles. The Labute approximate surface area is 259 Å². The fourth-order valence-corrected chi connectivity index (χ4v) is 7.79. The molecule has 0 aliphatic rings. The van der Waals surface area contributed by atoms with E-state index in [1.54, 1.807) is 0 Å². The van der Waals surface area contributed by atoms with Gasteiger partial charge in [0.15, 0.2) is 0 Å². The lowest BCUT2D eigenvalue weighted by atomic mass is 9.94. The molecule has 0 radical (unpaired) electrons. The van der Waals surface area contributed by atoms with E-state index < -0.39 is 0 Å². The van der Waals surface area contributed by atoms with Gasteiger partial charge in [0.2, 0.25) is 0 Å². The van der Waals surface area contributed by atoms with Crippen LogP contribution in [-0.4, -0.2) is 0 Å². The SMILES string of the molecule is c1ccc2cc(-c3cccc4cccc(N(c5ccc6ccccc6c5)c5ccc6sc7ccccc7c6c5)c34)ccc2c1. The highest BCUT2D eigenvalue weighted by Gasteiger charge is 2.19. The molecule has 0 N–H and O–H groups in total. The Bertz CT molecular complexity index is 2520. The summed E-state index contributed by atoms with van der Waals surface area (Å²) in [5, 5.41) is 10.0. The smallest absolute Gasteiger partial charge is 0.0546 e. The summed E-state index contributed by atoms with van der Waals surface area (Å²) in [6, 6.07) is 59.9. The van der Waals surface area contributed by atoms with Gasteiger partial charge in [-0.3, -0.25) is 0 Å². The Morgan fingerprint density at radius 1 is 0.386 bits per heavy atom. The number of rotatable bonds is 4. The maximum absolute atomic E-state index is 2.45. The van der Waals surface area contributed by atoms with Crippen LogP contribution in [0.1, 0.15) is 0 Å². The lowest BCUT2D eigenvalue weighted by Crippen LogP contribution is -2.10. The van der Waals surface area contributed by atoms with E-state index in [1.807, 2.05) is 11.3 Å². The molecule has 0 aliphatic carbocycles. The van der Waals surface area contributed by atoms with E-state index in [1.165, 1.54) is 69.3 Å². The Kier molecular flexibility index (Phi) is 5.75. The van der Waals surface area contributed by atoms with E-state index in [2.05, 4.69) is 169 Å². The van der Waals surface area contributed by atoms with Gasteiger partial charge in [0.05, 0.1) is 5.69 Å². The zero-order valence-electron chi connectivity index (χ0n) is 23.9. The Morgan fingerprint density at radius 2 is 1.00 bits per heavy atom. The number of hydrogen-bond donors (Lipinski definition) is 0. The molecule has 206 valence electrons. The first-order valence-electron chi connectivity index (χ1n) is 15.0. The van der Waals surface area contributed by atoms with Gasteiger partial charge < -0.3 is 4.90 Å². The van der Waals surface area contributed by atoms with E-state index in [0.29, 0.717) is 0 Å². The Morgan fingerprint density at radius 3 is 1.84 bits per heavy atom. The molecule has 9 rings (SSSR count). The van der Waals surface area contributed by atoms with E-state index >= 15 is 0 Å². The third-order valence-corrected chi connectivity index (χ3v) is 9.95. The van der Waals surface area contributed by atoms with E-state index in [0.717, 1.165) is 11.4 Å². The molecule has 1 heterocycles. The third kappa shape index (κ3) is 4.07. The van der Waals surface area contributed by atoms with Crippen LogP contribution >= 0.6 is 11.3 Å². The van der Waals surface area contributed by atoms with Gasteiger partial charge in [-0.15, -0.1) is 11.3 Å². The molecule has 0 amide bonds. The molecule has 0 fully saturated rings. The van der Waals surface area contributed by atoms with Crippen LogP contribution in [0.4, 0.5) is 17.1 Å². The zero-order valence-corrected chi connectivity index (χ0v) is 24.8. The fourth-order valence-electron chi connectivity index (χ4n) is 6.70. The summed E-state index contributed by atoms with van der Waals surface area (Å²) in [4.78, 5) is 2.45. The van der Waals surface area contributed by atoms with Crippen LogP contribution in [0.25, 0.3) is 63.6 Å². The highest BCUT2D eigenvalue weighted by atomic mass is 32.1. The van der Waals surface area contributed by atoms with Gasteiger partial charge in [0.1, 0.15) is 0 Å². The molecular weight excluding hydrogens is 551 g/mol. The molecule has 0 atom stereocenters. The minimum atomic E-state index is 1.14. The average Bonchev–Trinajstić information content (AvgIpc) is 3.46. The van der Waals surface area contributed by atoms with Gasteiger partial charge >= 0.3 is 0 Å².